The normalized spacial score (nSPS) is 16.5. The largest absolute Gasteiger partial charge is 0.493 e. The van der Waals surface area contributed by atoms with E-state index in [4.69, 9.17) is 4.74 Å². The molecule has 0 saturated carbocycles. The molecule has 1 unspecified atom stereocenters. The van der Waals surface area contributed by atoms with Crippen molar-refractivity contribution in [2.75, 3.05) is 19.0 Å². The first-order valence-corrected chi connectivity index (χ1v) is 7.06. The van der Waals surface area contributed by atoms with Crippen molar-refractivity contribution in [2.45, 2.75) is 12.5 Å². The Balaban J connectivity index is 1.76. The van der Waals surface area contributed by atoms with Gasteiger partial charge in [-0.15, -0.1) is 0 Å². The van der Waals surface area contributed by atoms with Gasteiger partial charge in [0.2, 0.25) is 0 Å². The smallest absolute Gasteiger partial charge is 0.322 e. The lowest BCUT2D eigenvalue weighted by Gasteiger charge is -2.33. The lowest BCUT2D eigenvalue weighted by molar-refractivity contribution is 0.172. The number of ether oxygens (including phenoxy) is 1. The van der Waals surface area contributed by atoms with Crippen LogP contribution in [0.3, 0.4) is 0 Å². The molecule has 108 valence electrons. The second-order valence-corrected chi connectivity index (χ2v) is 5.10. The predicted octanol–water partition coefficient (Wildman–Crippen LogP) is 3.67. The number of benzene rings is 2. The van der Waals surface area contributed by atoms with Gasteiger partial charge in [-0.05, 0) is 18.2 Å². The van der Waals surface area contributed by atoms with Gasteiger partial charge in [-0.2, -0.15) is 0 Å². The predicted molar refractivity (Wildman–Crippen MR) is 82.5 cm³/mol. The van der Waals surface area contributed by atoms with Crippen LogP contribution in [0, 0.1) is 0 Å². The molecular formula is C17H18N2O2. The van der Waals surface area contributed by atoms with Crippen LogP contribution >= 0.6 is 0 Å². The highest BCUT2D eigenvalue weighted by molar-refractivity contribution is 5.89. The number of nitrogens with one attached hydrogen (secondary N) is 1. The molecule has 2 amide bonds. The lowest BCUT2D eigenvalue weighted by Crippen LogP contribution is -2.37. The number of carbonyl (C=O) groups is 1. The molecule has 4 nitrogen and oxygen atoms in total. The van der Waals surface area contributed by atoms with Crippen LogP contribution in [0.25, 0.3) is 0 Å². The third kappa shape index (κ3) is 2.84. The average Bonchev–Trinajstić information content (AvgIpc) is 2.54. The summed E-state index contributed by atoms with van der Waals surface area (Å²) in [6.45, 7) is 0.630. The van der Waals surface area contributed by atoms with Crippen molar-refractivity contribution < 1.29 is 9.53 Å². The first-order valence-electron chi connectivity index (χ1n) is 7.06. The molecule has 0 bridgehead atoms. The van der Waals surface area contributed by atoms with Gasteiger partial charge in [0, 0.05) is 24.7 Å². The Hall–Kier alpha value is -2.49. The Morgan fingerprint density at radius 2 is 1.86 bits per heavy atom. The number of fused-ring (bicyclic) bond motifs is 1. The standard InChI is InChI=1S/C17H18N2O2/c1-19(17(20)18-13-7-3-2-4-8-13)15-11-12-21-16-10-6-5-9-14(15)16/h2-10,15H,11-12H2,1H3,(H,18,20). The highest BCUT2D eigenvalue weighted by atomic mass is 16.5. The Morgan fingerprint density at radius 1 is 1.14 bits per heavy atom. The minimum absolute atomic E-state index is 0.0404. The summed E-state index contributed by atoms with van der Waals surface area (Å²) in [4.78, 5) is 14.1. The van der Waals surface area contributed by atoms with E-state index in [0.29, 0.717) is 6.61 Å². The van der Waals surface area contributed by atoms with Gasteiger partial charge in [-0.3, -0.25) is 0 Å². The first kappa shape index (κ1) is 13.5. The van der Waals surface area contributed by atoms with Crippen molar-refractivity contribution in [2.24, 2.45) is 0 Å². The highest BCUT2D eigenvalue weighted by Crippen LogP contribution is 2.35. The van der Waals surface area contributed by atoms with Crippen LogP contribution in [0.2, 0.25) is 0 Å². The van der Waals surface area contributed by atoms with Gasteiger partial charge in [0.25, 0.3) is 0 Å². The Morgan fingerprint density at radius 3 is 2.67 bits per heavy atom. The molecule has 2 aromatic rings. The molecule has 0 aromatic heterocycles. The second kappa shape index (κ2) is 5.87. The first-order chi connectivity index (χ1) is 10.3. The molecule has 3 rings (SSSR count). The number of hydrogen-bond donors (Lipinski definition) is 1. The van der Waals surface area contributed by atoms with E-state index in [2.05, 4.69) is 5.32 Å². The number of carbonyl (C=O) groups excluding carboxylic acids is 1. The van der Waals surface area contributed by atoms with Gasteiger partial charge in [0.1, 0.15) is 5.75 Å². The number of hydrogen-bond acceptors (Lipinski definition) is 2. The second-order valence-electron chi connectivity index (χ2n) is 5.10. The van der Waals surface area contributed by atoms with Crippen molar-refractivity contribution in [3.63, 3.8) is 0 Å². The fraction of sp³-hybridized carbons (Fsp3) is 0.235. The molecular weight excluding hydrogens is 264 g/mol. The topological polar surface area (TPSA) is 41.6 Å². The average molecular weight is 282 g/mol. The fourth-order valence-electron chi connectivity index (χ4n) is 2.60. The number of rotatable bonds is 2. The zero-order valence-electron chi connectivity index (χ0n) is 12.0. The quantitative estimate of drug-likeness (QED) is 0.913. The van der Waals surface area contributed by atoms with Crippen LogP contribution < -0.4 is 10.1 Å². The van der Waals surface area contributed by atoms with Gasteiger partial charge in [0.15, 0.2) is 0 Å². The molecule has 21 heavy (non-hydrogen) atoms. The number of para-hydroxylation sites is 2. The van der Waals surface area contributed by atoms with Gasteiger partial charge in [0.05, 0.1) is 12.6 Å². The van der Waals surface area contributed by atoms with E-state index in [0.717, 1.165) is 23.4 Å². The minimum Gasteiger partial charge on any atom is -0.493 e. The fourth-order valence-corrected chi connectivity index (χ4v) is 2.60. The molecule has 0 radical (unpaired) electrons. The summed E-state index contributed by atoms with van der Waals surface area (Å²) in [6, 6.07) is 17.3. The molecule has 0 saturated heterocycles. The van der Waals surface area contributed by atoms with Gasteiger partial charge in [-0.25, -0.2) is 4.79 Å². The number of nitrogens with zero attached hydrogens (tertiary/aromatic N) is 1. The van der Waals surface area contributed by atoms with Crippen molar-refractivity contribution in [1.82, 2.24) is 4.90 Å². The van der Waals surface area contributed by atoms with E-state index in [1.54, 1.807) is 4.90 Å². The van der Waals surface area contributed by atoms with Crippen LogP contribution in [0.15, 0.2) is 54.6 Å². The molecule has 4 heteroatoms. The van der Waals surface area contributed by atoms with Gasteiger partial charge >= 0.3 is 6.03 Å². The molecule has 1 N–H and O–H groups in total. The van der Waals surface area contributed by atoms with Crippen LogP contribution in [0.1, 0.15) is 18.0 Å². The molecule has 1 atom stereocenters. The summed E-state index contributed by atoms with van der Waals surface area (Å²) in [5, 5.41) is 2.92. The van der Waals surface area contributed by atoms with E-state index in [1.807, 2.05) is 61.6 Å². The van der Waals surface area contributed by atoms with Crippen LogP contribution in [0.5, 0.6) is 5.75 Å². The third-order valence-corrected chi connectivity index (χ3v) is 3.74. The van der Waals surface area contributed by atoms with E-state index in [1.165, 1.54) is 0 Å². The monoisotopic (exact) mass is 282 g/mol. The molecule has 1 aliphatic heterocycles. The molecule has 1 aliphatic rings. The van der Waals surface area contributed by atoms with E-state index in [9.17, 15) is 4.79 Å². The maximum absolute atomic E-state index is 12.4. The van der Waals surface area contributed by atoms with Crippen LogP contribution in [-0.2, 0) is 0 Å². The molecule has 0 aliphatic carbocycles. The number of anilines is 1. The summed E-state index contributed by atoms with van der Waals surface area (Å²) in [7, 11) is 1.82. The lowest BCUT2D eigenvalue weighted by atomic mass is 9.99. The zero-order valence-corrected chi connectivity index (χ0v) is 12.0. The summed E-state index contributed by atoms with van der Waals surface area (Å²) >= 11 is 0. The summed E-state index contributed by atoms with van der Waals surface area (Å²) in [5.74, 6) is 0.869. The highest BCUT2D eigenvalue weighted by Gasteiger charge is 2.27. The van der Waals surface area contributed by atoms with Crippen molar-refractivity contribution >= 4 is 11.7 Å². The van der Waals surface area contributed by atoms with Crippen molar-refractivity contribution in [3.05, 3.63) is 60.2 Å². The molecule has 2 aromatic carbocycles. The van der Waals surface area contributed by atoms with Gasteiger partial charge < -0.3 is 15.0 Å². The maximum Gasteiger partial charge on any atom is 0.322 e. The molecule has 0 spiro atoms. The Labute approximate surface area is 124 Å². The van der Waals surface area contributed by atoms with Crippen LogP contribution in [0.4, 0.5) is 10.5 Å². The van der Waals surface area contributed by atoms with Crippen molar-refractivity contribution in [3.8, 4) is 5.75 Å². The van der Waals surface area contributed by atoms with E-state index in [-0.39, 0.29) is 12.1 Å². The number of urea groups is 1. The maximum atomic E-state index is 12.4. The Kier molecular flexibility index (Phi) is 3.77. The third-order valence-electron chi connectivity index (χ3n) is 3.74. The molecule has 0 fully saturated rings. The van der Waals surface area contributed by atoms with Crippen LogP contribution in [-0.4, -0.2) is 24.6 Å². The summed E-state index contributed by atoms with van der Waals surface area (Å²) in [6.07, 6.45) is 0.801. The zero-order chi connectivity index (χ0) is 14.7. The number of amides is 2. The summed E-state index contributed by atoms with van der Waals surface area (Å²) in [5.41, 5.74) is 1.86. The van der Waals surface area contributed by atoms with Gasteiger partial charge in [-0.1, -0.05) is 36.4 Å². The molecule has 1 heterocycles. The SMILES string of the molecule is CN(C(=O)Nc1ccccc1)C1CCOc2ccccc21. The van der Waals surface area contributed by atoms with Crippen molar-refractivity contribution in [1.29, 1.82) is 0 Å². The summed E-state index contributed by atoms with van der Waals surface area (Å²) < 4.78 is 5.64. The Bertz CT molecular complexity index is 628. The minimum atomic E-state index is -0.108. The van der Waals surface area contributed by atoms with E-state index >= 15 is 0 Å². The van der Waals surface area contributed by atoms with E-state index < -0.39 is 0 Å².